The van der Waals surface area contributed by atoms with E-state index in [0.29, 0.717) is 13.0 Å². The zero-order valence-corrected chi connectivity index (χ0v) is 15.2. The van der Waals surface area contributed by atoms with E-state index in [2.05, 4.69) is 15.6 Å². The van der Waals surface area contributed by atoms with Gasteiger partial charge in [-0.1, -0.05) is 12.1 Å². The third-order valence-electron chi connectivity index (χ3n) is 3.83. The molecule has 0 saturated carbocycles. The first-order valence-electron chi connectivity index (χ1n) is 8.11. The van der Waals surface area contributed by atoms with Crippen LogP contribution in [0.1, 0.15) is 11.4 Å². The van der Waals surface area contributed by atoms with Crippen molar-refractivity contribution >= 4 is 23.1 Å². The number of nitrogens with one attached hydrogen (secondary N) is 2. The van der Waals surface area contributed by atoms with Crippen molar-refractivity contribution in [1.82, 2.24) is 14.9 Å². The van der Waals surface area contributed by atoms with Crippen LogP contribution in [-0.4, -0.2) is 22.1 Å². The minimum atomic E-state index is -4.45. The Morgan fingerprint density at radius 3 is 2.78 bits per heavy atom. The van der Waals surface area contributed by atoms with Crippen LogP contribution < -0.4 is 10.6 Å². The van der Waals surface area contributed by atoms with E-state index >= 15 is 0 Å². The minimum absolute atomic E-state index is 0.0827. The predicted octanol–water partition coefficient (Wildman–Crippen LogP) is 4.53. The number of hydrogen-bond donors (Lipinski definition) is 2. The summed E-state index contributed by atoms with van der Waals surface area (Å²) in [6, 6.07) is 7.87. The van der Waals surface area contributed by atoms with Crippen LogP contribution in [0.4, 0.5) is 23.7 Å². The van der Waals surface area contributed by atoms with E-state index in [1.54, 1.807) is 11.3 Å². The van der Waals surface area contributed by atoms with Gasteiger partial charge in [0.25, 0.3) is 0 Å². The average Bonchev–Trinajstić information content (AvgIpc) is 3.24. The number of rotatable bonds is 5. The summed E-state index contributed by atoms with van der Waals surface area (Å²) in [6.45, 7) is 0.305. The number of nitrogens with zero attached hydrogens (tertiary/aromatic N) is 2. The fourth-order valence-electron chi connectivity index (χ4n) is 2.52. The van der Waals surface area contributed by atoms with Crippen LogP contribution in [0.3, 0.4) is 0 Å². The molecule has 9 heteroatoms. The molecule has 2 aromatic heterocycles. The zero-order chi connectivity index (χ0) is 19.4. The summed E-state index contributed by atoms with van der Waals surface area (Å²) in [5, 5.41) is 7.01. The Labute approximate surface area is 157 Å². The Morgan fingerprint density at radius 2 is 2.07 bits per heavy atom. The second-order valence-electron chi connectivity index (χ2n) is 5.84. The lowest BCUT2D eigenvalue weighted by molar-refractivity contribution is -0.137. The largest absolute Gasteiger partial charge is 0.416 e. The van der Waals surface area contributed by atoms with Crippen LogP contribution in [-0.2, 0) is 19.6 Å². The summed E-state index contributed by atoms with van der Waals surface area (Å²) in [5.74, 6) is 0.803. The van der Waals surface area contributed by atoms with Gasteiger partial charge in [0.05, 0.1) is 16.1 Å². The molecule has 2 N–H and O–H groups in total. The Kier molecular flexibility index (Phi) is 5.50. The van der Waals surface area contributed by atoms with Crippen LogP contribution in [0, 0.1) is 0 Å². The highest BCUT2D eigenvalue weighted by molar-refractivity contribution is 7.13. The SMILES string of the molecule is Cn1cc(-c2cccs2)nc1CCNC(=O)Nc1cccc(C(F)(F)F)c1. The van der Waals surface area contributed by atoms with E-state index < -0.39 is 17.8 Å². The lowest BCUT2D eigenvalue weighted by Gasteiger charge is -2.10. The van der Waals surface area contributed by atoms with Crippen LogP contribution in [0.5, 0.6) is 0 Å². The molecule has 1 aromatic carbocycles. The Morgan fingerprint density at radius 1 is 1.26 bits per heavy atom. The van der Waals surface area contributed by atoms with Gasteiger partial charge < -0.3 is 15.2 Å². The molecule has 3 aromatic rings. The van der Waals surface area contributed by atoms with Gasteiger partial charge in [0.2, 0.25) is 0 Å². The highest BCUT2D eigenvalue weighted by Gasteiger charge is 2.30. The van der Waals surface area contributed by atoms with Crippen molar-refractivity contribution in [2.75, 3.05) is 11.9 Å². The topological polar surface area (TPSA) is 59.0 Å². The van der Waals surface area contributed by atoms with E-state index in [-0.39, 0.29) is 5.69 Å². The number of urea groups is 1. The molecule has 0 radical (unpaired) electrons. The van der Waals surface area contributed by atoms with Crippen LogP contribution in [0.25, 0.3) is 10.6 Å². The fraction of sp³-hybridized carbons (Fsp3) is 0.222. The molecule has 0 atom stereocenters. The molecule has 2 amide bonds. The van der Waals surface area contributed by atoms with Crippen LogP contribution in [0.2, 0.25) is 0 Å². The number of aromatic nitrogens is 2. The molecule has 0 bridgehead atoms. The minimum Gasteiger partial charge on any atom is -0.337 e. The molecule has 3 rings (SSSR count). The molecule has 0 aliphatic carbocycles. The highest BCUT2D eigenvalue weighted by atomic mass is 32.1. The first-order chi connectivity index (χ1) is 12.8. The number of anilines is 1. The van der Waals surface area contributed by atoms with Crippen molar-refractivity contribution in [1.29, 1.82) is 0 Å². The molecule has 0 unspecified atom stereocenters. The molecule has 0 aliphatic heterocycles. The first-order valence-corrected chi connectivity index (χ1v) is 8.99. The average molecular weight is 394 g/mol. The number of thiophene rings is 1. The molecular weight excluding hydrogens is 377 g/mol. The smallest absolute Gasteiger partial charge is 0.337 e. The maximum atomic E-state index is 12.7. The third-order valence-corrected chi connectivity index (χ3v) is 4.72. The Bertz CT molecular complexity index is 919. The van der Waals surface area contributed by atoms with Crippen LogP contribution >= 0.6 is 11.3 Å². The van der Waals surface area contributed by atoms with Gasteiger partial charge in [0, 0.05) is 31.9 Å². The Hall–Kier alpha value is -2.81. The van der Waals surface area contributed by atoms with Gasteiger partial charge in [0.1, 0.15) is 5.82 Å². The number of alkyl halides is 3. The summed E-state index contributed by atoms with van der Waals surface area (Å²) in [5.41, 5.74) is 0.143. The summed E-state index contributed by atoms with van der Waals surface area (Å²) >= 11 is 1.60. The molecule has 27 heavy (non-hydrogen) atoms. The molecule has 2 heterocycles. The number of aryl methyl sites for hydroxylation is 1. The van der Waals surface area contributed by atoms with Crippen molar-refractivity contribution < 1.29 is 18.0 Å². The predicted molar refractivity (Wildman–Crippen MR) is 98.7 cm³/mol. The molecule has 5 nitrogen and oxygen atoms in total. The summed E-state index contributed by atoms with van der Waals surface area (Å²) in [4.78, 5) is 17.5. The molecule has 0 spiro atoms. The maximum Gasteiger partial charge on any atom is 0.416 e. The Balaban J connectivity index is 1.53. The lowest BCUT2D eigenvalue weighted by atomic mass is 10.2. The second-order valence-corrected chi connectivity index (χ2v) is 6.79. The number of imidazole rings is 1. The quantitative estimate of drug-likeness (QED) is 0.668. The summed E-state index contributed by atoms with van der Waals surface area (Å²) in [6.07, 6.45) is -2.03. The van der Waals surface area contributed by atoms with E-state index in [1.165, 1.54) is 12.1 Å². The lowest BCUT2D eigenvalue weighted by Crippen LogP contribution is -2.31. The number of hydrogen-bond acceptors (Lipinski definition) is 3. The number of carbonyl (C=O) groups is 1. The number of halogens is 3. The van der Waals surface area contributed by atoms with E-state index in [0.717, 1.165) is 28.5 Å². The van der Waals surface area contributed by atoms with Crippen molar-refractivity contribution in [2.45, 2.75) is 12.6 Å². The molecule has 0 aliphatic rings. The summed E-state index contributed by atoms with van der Waals surface area (Å²) in [7, 11) is 1.88. The number of amides is 2. The third kappa shape index (κ3) is 4.88. The zero-order valence-electron chi connectivity index (χ0n) is 14.4. The molecule has 0 saturated heterocycles. The summed E-state index contributed by atoms with van der Waals surface area (Å²) < 4.78 is 40.0. The van der Waals surface area contributed by atoms with E-state index in [4.69, 9.17) is 0 Å². The molecule has 0 fully saturated rings. The number of carbonyl (C=O) groups excluding carboxylic acids is 1. The molecule has 142 valence electrons. The van der Waals surface area contributed by atoms with Gasteiger partial charge >= 0.3 is 12.2 Å². The van der Waals surface area contributed by atoms with Crippen molar-refractivity contribution in [3.8, 4) is 10.6 Å². The van der Waals surface area contributed by atoms with Crippen molar-refractivity contribution in [3.05, 3.63) is 59.4 Å². The van der Waals surface area contributed by atoms with E-state index in [1.807, 2.05) is 35.3 Å². The fourth-order valence-corrected chi connectivity index (χ4v) is 3.20. The molecular formula is C18H17F3N4OS. The monoisotopic (exact) mass is 394 g/mol. The van der Waals surface area contributed by atoms with E-state index in [9.17, 15) is 18.0 Å². The van der Waals surface area contributed by atoms with Gasteiger partial charge in [0.15, 0.2) is 0 Å². The maximum absolute atomic E-state index is 12.7. The normalized spacial score (nSPS) is 11.4. The van der Waals surface area contributed by atoms with Crippen LogP contribution in [0.15, 0.2) is 48.0 Å². The standard InChI is InChI=1S/C18H17F3N4OS/c1-25-11-14(15-6-3-9-27-15)24-16(25)7-8-22-17(26)23-13-5-2-4-12(10-13)18(19,20)21/h2-6,9-11H,7-8H2,1H3,(H2,22,23,26). The van der Waals surface area contributed by atoms with Crippen molar-refractivity contribution in [2.24, 2.45) is 7.05 Å². The highest BCUT2D eigenvalue weighted by Crippen LogP contribution is 2.30. The first kappa shape index (κ1) is 19.0. The van der Waals surface area contributed by atoms with Gasteiger partial charge in [-0.05, 0) is 29.6 Å². The van der Waals surface area contributed by atoms with Gasteiger partial charge in [-0.25, -0.2) is 9.78 Å². The van der Waals surface area contributed by atoms with Gasteiger partial charge in [-0.2, -0.15) is 13.2 Å². The number of benzene rings is 1. The second kappa shape index (κ2) is 7.83. The van der Waals surface area contributed by atoms with Crippen molar-refractivity contribution in [3.63, 3.8) is 0 Å². The van der Waals surface area contributed by atoms with Gasteiger partial charge in [-0.3, -0.25) is 0 Å². The van der Waals surface area contributed by atoms with Gasteiger partial charge in [-0.15, -0.1) is 11.3 Å².